The number of pyridine rings is 1. The van der Waals surface area contributed by atoms with E-state index in [1.807, 2.05) is 12.3 Å². The molecule has 0 fully saturated rings. The molecule has 2 aliphatic heterocycles. The van der Waals surface area contributed by atoms with Crippen LogP contribution in [0.4, 0.5) is 39.8 Å². The number of anilines is 7. The summed E-state index contributed by atoms with van der Waals surface area (Å²) < 4.78 is 9.08. The molecule has 67 heavy (non-hydrogen) atoms. The largest absolute Gasteiger partial charge is 0.457 e. The fourth-order valence-corrected chi connectivity index (χ4v) is 10.4. The van der Waals surface area contributed by atoms with E-state index in [0.29, 0.717) is 6.67 Å². The maximum atomic E-state index is 6.80. The fourth-order valence-electron chi connectivity index (χ4n) is 10.4. The van der Waals surface area contributed by atoms with Gasteiger partial charge in [0.05, 0.1) is 33.8 Å². The van der Waals surface area contributed by atoms with Crippen molar-refractivity contribution in [2.75, 3.05) is 21.4 Å². The molecule has 2 aliphatic rings. The van der Waals surface area contributed by atoms with Crippen molar-refractivity contribution in [2.24, 2.45) is 0 Å². The summed E-state index contributed by atoms with van der Waals surface area (Å²) in [7, 11) is 0. The Hall–Kier alpha value is -8.09. The number of fused-ring (bicyclic) bond motifs is 6. The number of aromatic nitrogens is 2. The molecule has 0 unspecified atom stereocenters. The Bertz CT molecular complexity index is 3460. The Morgan fingerprint density at radius 3 is 1.81 bits per heavy atom. The van der Waals surface area contributed by atoms with Gasteiger partial charge in [-0.05, 0) is 130 Å². The molecule has 0 spiro atoms. The molecule has 10 aromatic rings. The Kier molecular flexibility index (Phi) is 9.37. The molecule has 0 bridgehead atoms. The van der Waals surface area contributed by atoms with E-state index in [9.17, 15) is 0 Å². The summed E-state index contributed by atoms with van der Waals surface area (Å²) in [6, 6.07) is 71.9. The molecule has 0 amide bonds. The molecule has 12 rings (SSSR count). The zero-order chi connectivity index (χ0) is 45.4. The molecule has 8 aromatic carbocycles. The van der Waals surface area contributed by atoms with Gasteiger partial charge in [0, 0.05) is 51.6 Å². The highest BCUT2D eigenvalue weighted by atomic mass is 16.5. The molecule has 6 heteroatoms. The Balaban J connectivity index is 0.867. The first kappa shape index (κ1) is 40.4. The van der Waals surface area contributed by atoms with E-state index in [4.69, 9.17) is 9.72 Å². The molecule has 6 nitrogen and oxygen atoms in total. The van der Waals surface area contributed by atoms with Gasteiger partial charge in [-0.1, -0.05) is 126 Å². The lowest BCUT2D eigenvalue weighted by molar-refractivity contribution is 0.483. The van der Waals surface area contributed by atoms with Crippen molar-refractivity contribution in [3.05, 3.63) is 223 Å². The number of rotatable bonds is 7. The summed E-state index contributed by atoms with van der Waals surface area (Å²) in [6.07, 6.45) is 1.93. The first-order chi connectivity index (χ1) is 32.6. The zero-order valence-electron chi connectivity index (χ0n) is 38.5. The second-order valence-electron chi connectivity index (χ2n) is 19.4. The highest BCUT2D eigenvalue weighted by Gasteiger charge is 2.37. The van der Waals surface area contributed by atoms with Crippen LogP contribution in [0.2, 0.25) is 0 Å². The van der Waals surface area contributed by atoms with Crippen molar-refractivity contribution in [1.29, 1.82) is 0 Å². The smallest absolute Gasteiger partial charge is 0.137 e. The molecule has 0 N–H and O–H groups in total. The van der Waals surface area contributed by atoms with Crippen LogP contribution in [0.5, 0.6) is 11.5 Å². The second-order valence-corrected chi connectivity index (χ2v) is 19.4. The average Bonchev–Trinajstić information content (AvgIpc) is 3.90. The van der Waals surface area contributed by atoms with Gasteiger partial charge in [0.15, 0.2) is 0 Å². The summed E-state index contributed by atoms with van der Waals surface area (Å²) in [6.45, 7) is 12.1. The number of nitrogens with zero attached hydrogens (tertiary/aromatic N) is 5. The molecule has 0 radical (unpaired) electrons. The van der Waals surface area contributed by atoms with Gasteiger partial charge < -0.3 is 19.4 Å². The highest BCUT2D eigenvalue weighted by molar-refractivity contribution is 6.10. The van der Waals surface area contributed by atoms with Gasteiger partial charge in [-0.15, -0.1) is 0 Å². The normalized spacial score (nSPS) is 14.0. The van der Waals surface area contributed by atoms with Crippen LogP contribution in [-0.2, 0) is 10.8 Å². The molecule has 2 aromatic heterocycles. The summed E-state index contributed by atoms with van der Waals surface area (Å²) >= 11 is 0. The monoisotopic (exact) mass is 869 g/mol. The third-order valence-electron chi connectivity index (χ3n) is 13.9. The SMILES string of the molecule is CC(C)(C)c1ccnc(-n2c3ccc(-c4ccccc4)cc3c3ccc(Oc4cccc(N5CN(c6ccc(N7c8ccccc8C(C)(C)c8ccccc87)cc6)c6ccccc65)c4)cc32)c1. The van der Waals surface area contributed by atoms with Crippen molar-refractivity contribution < 1.29 is 4.74 Å². The van der Waals surface area contributed by atoms with E-state index in [1.54, 1.807) is 0 Å². The third kappa shape index (κ3) is 6.82. The molecule has 0 aliphatic carbocycles. The number of para-hydroxylation sites is 4. The van der Waals surface area contributed by atoms with Gasteiger partial charge in [0.25, 0.3) is 0 Å². The van der Waals surface area contributed by atoms with E-state index < -0.39 is 0 Å². The van der Waals surface area contributed by atoms with E-state index in [-0.39, 0.29) is 10.8 Å². The first-order valence-electron chi connectivity index (χ1n) is 23.2. The molecular formula is C61H51N5O. The van der Waals surface area contributed by atoms with Crippen LogP contribution in [0.15, 0.2) is 206 Å². The Morgan fingerprint density at radius 1 is 0.478 bits per heavy atom. The van der Waals surface area contributed by atoms with Gasteiger partial charge in [0.2, 0.25) is 0 Å². The molecule has 4 heterocycles. The predicted molar refractivity (Wildman–Crippen MR) is 278 cm³/mol. The van der Waals surface area contributed by atoms with Gasteiger partial charge in [-0.25, -0.2) is 4.98 Å². The number of hydrogen-bond donors (Lipinski definition) is 0. The van der Waals surface area contributed by atoms with Crippen molar-refractivity contribution >= 4 is 61.6 Å². The van der Waals surface area contributed by atoms with Crippen molar-refractivity contribution in [3.8, 4) is 28.4 Å². The van der Waals surface area contributed by atoms with Crippen LogP contribution in [0.1, 0.15) is 51.3 Å². The van der Waals surface area contributed by atoms with Crippen molar-refractivity contribution in [3.63, 3.8) is 0 Å². The minimum absolute atomic E-state index is 0.0283. The summed E-state index contributed by atoms with van der Waals surface area (Å²) in [5.74, 6) is 2.41. The zero-order valence-corrected chi connectivity index (χ0v) is 38.5. The van der Waals surface area contributed by atoms with Crippen LogP contribution < -0.4 is 19.4 Å². The molecule has 0 saturated carbocycles. The lowest BCUT2D eigenvalue weighted by Crippen LogP contribution is -2.30. The Morgan fingerprint density at radius 2 is 1.10 bits per heavy atom. The van der Waals surface area contributed by atoms with Gasteiger partial charge >= 0.3 is 0 Å². The van der Waals surface area contributed by atoms with Crippen molar-refractivity contribution in [1.82, 2.24) is 9.55 Å². The lowest BCUT2D eigenvalue weighted by Gasteiger charge is -2.42. The van der Waals surface area contributed by atoms with E-state index in [2.05, 4.69) is 248 Å². The molecule has 326 valence electrons. The van der Waals surface area contributed by atoms with E-state index in [1.165, 1.54) is 44.6 Å². The average molecular weight is 870 g/mol. The lowest BCUT2D eigenvalue weighted by atomic mass is 9.73. The van der Waals surface area contributed by atoms with Gasteiger partial charge in [0.1, 0.15) is 24.0 Å². The predicted octanol–water partition coefficient (Wildman–Crippen LogP) is 16.3. The quantitative estimate of drug-likeness (QED) is 0.159. The molecule has 0 saturated heterocycles. The number of hydrogen-bond acceptors (Lipinski definition) is 5. The first-order valence-corrected chi connectivity index (χ1v) is 23.2. The minimum atomic E-state index is -0.103. The summed E-state index contributed by atoms with van der Waals surface area (Å²) in [5.41, 5.74) is 16.4. The van der Waals surface area contributed by atoms with Crippen LogP contribution in [-0.4, -0.2) is 16.2 Å². The van der Waals surface area contributed by atoms with Crippen molar-refractivity contribution in [2.45, 2.75) is 45.4 Å². The van der Waals surface area contributed by atoms with Gasteiger partial charge in [-0.3, -0.25) is 4.57 Å². The third-order valence-corrected chi connectivity index (χ3v) is 13.9. The van der Waals surface area contributed by atoms with Gasteiger partial charge in [-0.2, -0.15) is 0 Å². The van der Waals surface area contributed by atoms with E-state index >= 15 is 0 Å². The van der Waals surface area contributed by atoms with E-state index in [0.717, 1.165) is 62.2 Å². The highest BCUT2D eigenvalue weighted by Crippen LogP contribution is 2.52. The topological polar surface area (TPSA) is 36.8 Å². The van der Waals surface area contributed by atoms with Crippen LogP contribution in [0.25, 0.3) is 38.8 Å². The summed E-state index contributed by atoms with van der Waals surface area (Å²) in [5, 5.41) is 2.32. The molecule has 0 atom stereocenters. The fraction of sp³-hybridized carbons (Fsp3) is 0.131. The second kappa shape index (κ2) is 15.5. The van der Waals surface area contributed by atoms with Crippen LogP contribution in [0, 0.1) is 0 Å². The maximum Gasteiger partial charge on any atom is 0.137 e. The summed E-state index contributed by atoms with van der Waals surface area (Å²) in [4.78, 5) is 12.1. The Labute approximate surface area is 392 Å². The standard InChI is InChI=1S/C61H51N5O/c1-60(2,3)43-34-35-62-59(37-43)66-53-33-26-42(41-16-7-6-8-17-41)36-50(53)49-32-31-48(39-58(49)66)67-47-19-15-18-46(38-47)64-40-63(56-24-13-14-25-57(56)64)44-27-29-45(30-28-44)65-54-22-11-9-20-51(54)61(4,5)52-21-10-12-23-55(52)65/h6-39H,40H2,1-5H3. The maximum absolute atomic E-state index is 6.80. The number of ether oxygens (including phenoxy) is 1. The minimum Gasteiger partial charge on any atom is -0.457 e. The molecular weight excluding hydrogens is 819 g/mol. The number of benzene rings is 8. The van der Waals surface area contributed by atoms with Crippen LogP contribution in [0.3, 0.4) is 0 Å². The van der Waals surface area contributed by atoms with Crippen LogP contribution >= 0.6 is 0 Å².